The molecule has 0 saturated carbocycles. The third-order valence-electron chi connectivity index (χ3n) is 3.31. The summed E-state index contributed by atoms with van der Waals surface area (Å²) in [4.78, 5) is 14.9. The molecule has 0 bridgehead atoms. The first-order valence-corrected chi connectivity index (χ1v) is 6.61. The second-order valence-corrected chi connectivity index (χ2v) is 4.66. The maximum absolute atomic E-state index is 4.34. The Morgan fingerprint density at radius 1 is 1.11 bits per heavy atom. The van der Waals surface area contributed by atoms with E-state index in [0.29, 0.717) is 0 Å². The molecule has 98 valence electrons. The van der Waals surface area contributed by atoms with Crippen molar-refractivity contribution in [3.63, 3.8) is 0 Å². The summed E-state index contributed by atoms with van der Waals surface area (Å²) in [6.07, 6.45) is 7.73. The highest BCUT2D eigenvalue weighted by molar-refractivity contribution is 5.49. The molecule has 5 heteroatoms. The lowest BCUT2D eigenvalue weighted by Crippen LogP contribution is -2.19. The Labute approximate surface area is 112 Å². The molecule has 1 aliphatic heterocycles. The van der Waals surface area contributed by atoms with Crippen LogP contribution in [0.4, 0.5) is 11.6 Å². The average molecular weight is 255 g/mol. The summed E-state index contributed by atoms with van der Waals surface area (Å²) in [5, 5.41) is 3.32. The number of rotatable bonds is 4. The van der Waals surface area contributed by atoms with Crippen LogP contribution in [0.3, 0.4) is 0 Å². The third-order valence-corrected chi connectivity index (χ3v) is 3.31. The molecule has 19 heavy (non-hydrogen) atoms. The van der Waals surface area contributed by atoms with E-state index in [-0.39, 0.29) is 0 Å². The molecule has 0 unspecified atom stereocenters. The summed E-state index contributed by atoms with van der Waals surface area (Å²) in [5.41, 5.74) is 1.19. The van der Waals surface area contributed by atoms with Crippen LogP contribution < -0.4 is 10.2 Å². The van der Waals surface area contributed by atoms with Gasteiger partial charge in [-0.05, 0) is 30.5 Å². The Hall–Kier alpha value is -2.17. The summed E-state index contributed by atoms with van der Waals surface area (Å²) >= 11 is 0. The highest BCUT2D eigenvalue weighted by Crippen LogP contribution is 2.19. The summed E-state index contributed by atoms with van der Waals surface area (Å²) < 4.78 is 0. The van der Waals surface area contributed by atoms with Crippen LogP contribution in [0.15, 0.2) is 36.9 Å². The summed E-state index contributed by atoms with van der Waals surface area (Å²) in [6, 6.07) is 6.01. The zero-order valence-electron chi connectivity index (χ0n) is 10.8. The molecular weight excluding hydrogens is 238 g/mol. The van der Waals surface area contributed by atoms with Crippen LogP contribution in [-0.4, -0.2) is 28.0 Å². The van der Waals surface area contributed by atoms with Gasteiger partial charge < -0.3 is 10.2 Å². The number of nitrogens with zero attached hydrogens (tertiary/aromatic N) is 4. The van der Waals surface area contributed by atoms with Gasteiger partial charge in [0, 0.05) is 38.1 Å². The van der Waals surface area contributed by atoms with Gasteiger partial charge in [0.1, 0.15) is 18.0 Å². The molecule has 0 atom stereocenters. The van der Waals surface area contributed by atoms with Gasteiger partial charge in [-0.15, -0.1) is 0 Å². The van der Waals surface area contributed by atoms with Crippen molar-refractivity contribution in [2.75, 3.05) is 23.3 Å². The van der Waals surface area contributed by atoms with Crippen molar-refractivity contribution in [1.29, 1.82) is 0 Å². The van der Waals surface area contributed by atoms with E-state index in [4.69, 9.17) is 0 Å². The Kier molecular flexibility index (Phi) is 3.54. The van der Waals surface area contributed by atoms with Crippen LogP contribution in [0.5, 0.6) is 0 Å². The van der Waals surface area contributed by atoms with Gasteiger partial charge in [-0.1, -0.05) is 0 Å². The first-order chi connectivity index (χ1) is 9.42. The van der Waals surface area contributed by atoms with Gasteiger partial charge in [0.15, 0.2) is 0 Å². The molecule has 2 aromatic heterocycles. The van der Waals surface area contributed by atoms with Crippen molar-refractivity contribution in [2.45, 2.75) is 19.4 Å². The van der Waals surface area contributed by atoms with Crippen molar-refractivity contribution in [1.82, 2.24) is 15.0 Å². The lowest BCUT2D eigenvalue weighted by atomic mass is 10.3. The number of hydrogen-bond donors (Lipinski definition) is 1. The van der Waals surface area contributed by atoms with Gasteiger partial charge in [-0.2, -0.15) is 0 Å². The molecule has 1 saturated heterocycles. The van der Waals surface area contributed by atoms with E-state index in [9.17, 15) is 0 Å². The van der Waals surface area contributed by atoms with E-state index >= 15 is 0 Å². The van der Waals surface area contributed by atoms with E-state index in [0.717, 1.165) is 31.3 Å². The molecular formula is C14H17N5. The fourth-order valence-corrected chi connectivity index (χ4v) is 2.26. The molecule has 0 spiro atoms. The van der Waals surface area contributed by atoms with Crippen LogP contribution in [0.2, 0.25) is 0 Å². The largest absolute Gasteiger partial charge is 0.366 e. The minimum atomic E-state index is 0.749. The maximum Gasteiger partial charge on any atom is 0.134 e. The van der Waals surface area contributed by atoms with Crippen LogP contribution in [0.1, 0.15) is 18.4 Å². The van der Waals surface area contributed by atoms with Crippen LogP contribution in [0, 0.1) is 0 Å². The smallest absolute Gasteiger partial charge is 0.134 e. The molecule has 0 amide bonds. The molecule has 2 aromatic rings. The predicted octanol–water partition coefficient (Wildman–Crippen LogP) is 2.08. The first-order valence-electron chi connectivity index (χ1n) is 6.61. The zero-order chi connectivity index (χ0) is 12.9. The minimum absolute atomic E-state index is 0.749. The predicted molar refractivity (Wildman–Crippen MR) is 75.0 cm³/mol. The highest BCUT2D eigenvalue weighted by Gasteiger charge is 2.13. The van der Waals surface area contributed by atoms with Crippen molar-refractivity contribution in [2.24, 2.45) is 0 Å². The Morgan fingerprint density at radius 3 is 2.68 bits per heavy atom. The van der Waals surface area contributed by atoms with E-state index in [2.05, 4.69) is 25.2 Å². The van der Waals surface area contributed by atoms with E-state index in [1.165, 1.54) is 18.4 Å². The normalized spacial score (nSPS) is 14.6. The average Bonchev–Trinajstić information content (AvgIpc) is 3.01. The second kappa shape index (κ2) is 5.65. The SMILES string of the molecule is c1cc(CNc2cc(N3CCCC3)ncn2)ccn1. The van der Waals surface area contributed by atoms with Gasteiger partial charge in [0.2, 0.25) is 0 Å². The number of pyridine rings is 1. The van der Waals surface area contributed by atoms with E-state index in [1.807, 2.05) is 18.2 Å². The van der Waals surface area contributed by atoms with Crippen LogP contribution in [0.25, 0.3) is 0 Å². The molecule has 3 heterocycles. The zero-order valence-corrected chi connectivity index (χ0v) is 10.8. The van der Waals surface area contributed by atoms with Gasteiger partial charge in [-0.25, -0.2) is 9.97 Å². The molecule has 1 fully saturated rings. The first kappa shape index (κ1) is 11.9. The van der Waals surface area contributed by atoms with Gasteiger partial charge in [0.25, 0.3) is 0 Å². The molecule has 3 rings (SSSR count). The van der Waals surface area contributed by atoms with Crippen molar-refractivity contribution in [3.05, 3.63) is 42.5 Å². The molecule has 0 aliphatic carbocycles. The quantitative estimate of drug-likeness (QED) is 0.906. The summed E-state index contributed by atoms with van der Waals surface area (Å²) in [6.45, 7) is 2.95. The molecule has 5 nitrogen and oxygen atoms in total. The lowest BCUT2D eigenvalue weighted by molar-refractivity contribution is 0.925. The fourth-order valence-electron chi connectivity index (χ4n) is 2.26. The number of nitrogens with one attached hydrogen (secondary N) is 1. The maximum atomic E-state index is 4.34. The number of anilines is 2. The van der Waals surface area contributed by atoms with Gasteiger partial charge in [-0.3, -0.25) is 4.98 Å². The van der Waals surface area contributed by atoms with E-state index in [1.54, 1.807) is 18.7 Å². The van der Waals surface area contributed by atoms with Crippen molar-refractivity contribution in [3.8, 4) is 0 Å². The van der Waals surface area contributed by atoms with Crippen LogP contribution >= 0.6 is 0 Å². The monoisotopic (exact) mass is 255 g/mol. The second-order valence-electron chi connectivity index (χ2n) is 4.66. The summed E-state index contributed by atoms with van der Waals surface area (Å²) in [7, 11) is 0. The third kappa shape index (κ3) is 2.99. The van der Waals surface area contributed by atoms with E-state index < -0.39 is 0 Å². The Morgan fingerprint density at radius 2 is 1.89 bits per heavy atom. The number of hydrogen-bond acceptors (Lipinski definition) is 5. The topological polar surface area (TPSA) is 53.9 Å². The van der Waals surface area contributed by atoms with Crippen LogP contribution in [-0.2, 0) is 6.54 Å². The molecule has 1 N–H and O–H groups in total. The Balaban J connectivity index is 1.66. The molecule has 1 aliphatic rings. The molecule has 0 radical (unpaired) electrons. The van der Waals surface area contributed by atoms with Crippen molar-refractivity contribution < 1.29 is 0 Å². The summed E-state index contributed by atoms with van der Waals surface area (Å²) in [5.74, 6) is 1.89. The van der Waals surface area contributed by atoms with Gasteiger partial charge >= 0.3 is 0 Å². The van der Waals surface area contributed by atoms with Crippen molar-refractivity contribution >= 4 is 11.6 Å². The highest BCUT2D eigenvalue weighted by atomic mass is 15.2. The molecule has 0 aromatic carbocycles. The lowest BCUT2D eigenvalue weighted by Gasteiger charge is -2.16. The Bertz CT molecular complexity index is 522. The fraction of sp³-hybridized carbons (Fsp3) is 0.357. The minimum Gasteiger partial charge on any atom is -0.366 e. The number of aromatic nitrogens is 3. The standard InChI is InChI=1S/C14H17N5/c1-2-8-19(7-1)14-9-13(17-11-18-14)16-10-12-3-5-15-6-4-12/h3-6,9,11H,1-2,7-8,10H2,(H,16,17,18). The van der Waals surface area contributed by atoms with Gasteiger partial charge in [0.05, 0.1) is 0 Å².